The zero-order valence-corrected chi connectivity index (χ0v) is 18.3. The molecule has 1 amide bonds. The normalized spacial score (nSPS) is 11.0. The van der Waals surface area contributed by atoms with Crippen molar-refractivity contribution in [2.75, 3.05) is 4.90 Å². The zero-order valence-electron chi connectivity index (χ0n) is 15.9. The highest BCUT2D eigenvalue weighted by atomic mass is 35.5. The molecule has 146 valence electrons. The van der Waals surface area contributed by atoms with E-state index in [-0.39, 0.29) is 5.91 Å². The van der Waals surface area contributed by atoms with Crippen LogP contribution < -0.4 is 4.90 Å². The van der Waals surface area contributed by atoms with Crippen LogP contribution in [0.1, 0.15) is 27.0 Å². The molecule has 0 radical (unpaired) electrons. The van der Waals surface area contributed by atoms with E-state index in [2.05, 4.69) is 26.0 Å². The molecule has 0 N–H and O–H groups in total. The average molecular weight is 441 g/mol. The summed E-state index contributed by atoms with van der Waals surface area (Å²) in [5.74, 6) is -0.227. The molecule has 3 nitrogen and oxygen atoms in total. The largest absolute Gasteiger partial charge is 0.279 e. The summed E-state index contributed by atoms with van der Waals surface area (Å²) >= 11 is 14.0. The van der Waals surface area contributed by atoms with E-state index in [1.807, 2.05) is 30.3 Å². The molecular formula is C23H18Cl2N2OS. The Labute approximate surface area is 183 Å². The molecule has 0 unspecified atom stereocenters. The van der Waals surface area contributed by atoms with E-state index >= 15 is 0 Å². The Morgan fingerprint density at radius 3 is 2.55 bits per heavy atom. The summed E-state index contributed by atoms with van der Waals surface area (Å²) in [6, 6.07) is 18.9. The average Bonchev–Trinajstić information content (AvgIpc) is 3.16. The van der Waals surface area contributed by atoms with Crippen LogP contribution >= 0.6 is 34.5 Å². The van der Waals surface area contributed by atoms with E-state index in [4.69, 9.17) is 28.2 Å². The van der Waals surface area contributed by atoms with Crippen LogP contribution in [0.5, 0.6) is 0 Å². The fourth-order valence-electron chi connectivity index (χ4n) is 3.13. The molecule has 1 heterocycles. The van der Waals surface area contributed by atoms with E-state index in [1.165, 1.54) is 16.9 Å². The van der Waals surface area contributed by atoms with Crippen LogP contribution in [0.15, 0.2) is 60.7 Å². The Kier molecular flexibility index (Phi) is 5.59. The number of amides is 1. The van der Waals surface area contributed by atoms with Gasteiger partial charge in [0, 0.05) is 5.02 Å². The smallest absolute Gasteiger partial charge is 0.261 e. The Hall–Kier alpha value is -2.40. The maximum Gasteiger partial charge on any atom is 0.261 e. The van der Waals surface area contributed by atoms with Gasteiger partial charge in [0.2, 0.25) is 0 Å². The van der Waals surface area contributed by atoms with Gasteiger partial charge >= 0.3 is 0 Å². The number of rotatable bonds is 4. The van der Waals surface area contributed by atoms with Crippen molar-refractivity contribution in [3.05, 3.63) is 93.0 Å². The molecule has 0 aliphatic carbocycles. The Morgan fingerprint density at radius 1 is 1.03 bits per heavy atom. The second kappa shape index (κ2) is 8.15. The molecular weight excluding hydrogens is 423 g/mol. The van der Waals surface area contributed by atoms with Crippen LogP contribution in [-0.4, -0.2) is 10.9 Å². The van der Waals surface area contributed by atoms with Crippen molar-refractivity contribution in [3.63, 3.8) is 0 Å². The maximum atomic E-state index is 13.5. The van der Waals surface area contributed by atoms with Crippen molar-refractivity contribution in [3.8, 4) is 0 Å². The van der Waals surface area contributed by atoms with Crippen LogP contribution in [0.2, 0.25) is 10.0 Å². The molecule has 6 heteroatoms. The summed E-state index contributed by atoms with van der Waals surface area (Å²) < 4.78 is 1.05. The molecule has 4 aromatic rings. The number of halogens is 2. The minimum atomic E-state index is -0.227. The van der Waals surface area contributed by atoms with Crippen LogP contribution in [0.3, 0.4) is 0 Å². The van der Waals surface area contributed by atoms with E-state index in [1.54, 1.807) is 23.1 Å². The first kappa shape index (κ1) is 19.9. The van der Waals surface area contributed by atoms with Crippen molar-refractivity contribution < 1.29 is 4.79 Å². The Morgan fingerprint density at radius 2 is 1.79 bits per heavy atom. The first-order chi connectivity index (χ1) is 13.9. The summed E-state index contributed by atoms with van der Waals surface area (Å²) in [5, 5.41) is 1.47. The first-order valence-electron chi connectivity index (χ1n) is 9.11. The highest BCUT2D eigenvalue weighted by molar-refractivity contribution is 7.22. The van der Waals surface area contributed by atoms with Crippen molar-refractivity contribution in [2.45, 2.75) is 20.4 Å². The molecule has 4 rings (SSSR count). The monoisotopic (exact) mass is 440 g/mol. The minimum absolute atomic E-state index is 0.227. The van der Waals surface area contributed by atoms with Gasteiger partial charge in [0.15, 0.2) is 5.13 Å². The van der Waals surface area contributed by atoms with Crippen molar-refractivity contribution in [1.82, 2.24) is 4.98 Å². The minimum Gasteiger partial charge on any atom is -0.279 e. The predicted molar refractivity (Wildman–Crippen MR) is 123 cm³/mol. The van der Waals surface area contributed by atoms with Crippen molar-refractivity contribution >= 4 is 55.8 Å². The summed E-state index contributed by atoms with van der Waals surface area (Å²) in [6.07, 6.45) is 0. The number of aromatic nitrogens is 1. The third kappa shape index (κ3) is 4.01. The molecule has 0 spiro atoms. The lowest BCUT2D eigenvalue weighted by Gasteiger charge is -2.21. The number of carbonyl (C=O) groups excluding carboxylic acids is 1. The fourth-order valence-corrected chi connectivity index (χ4v) is 4.52. The molecule has 1 aromatic heterocycles. The number of nitrogens with zero attached hydrogens (tertiary/aromatic N) is 2. The van der Waals surface area contributed by atoms with E-state index in [0.29, 0.717) is 27.3 Å². The van der Waals surface area contributed by atoms with Gasteiger partial charge in [-0.3, -0.25) is 9.69 Å². The van der Waals surface area contributed by atoms with Crippen LogP contribution in [0, 0.1) is 13.8 Å². The second-order valence-corrected chi connectivity index (χ2v) is 8.70. The van der Waals surface area contributed by atoms with Gasteiger partial charge in [0.25, 0.3) is 5.91 Å². The van der Waals surface area contributed by atoms with E-state index in [9.17, 15) is 4.79 Å². The molecule has 3 aromatic carbocycles. The van der Waals surface area contributed by atoms with Gasteiger partial charge < -0.3 is 0 Å². The fraction of sp³-hybridized carbons (Fsp3) is 0.130. The molecule has 0 bridgehead atoms. The zero-order chi connectivity index (χ0) is 20.5. The summed E-state index contributed by atoms with van der Waals surface area (Å²) in [6.45, 7) is 4.51. The van der Waals surface area contributed by atoms with Gasteiger partial charge in [-0.05, 0) is 54.8 Å². The molecule has 0 aliphatic rings. The summed E-state index contributed by atoms with van der Waals surface area (Å²) in [7, 11) is 0. The number of benzene rings is 3. The number of thiazole rings is 1. The van der Waals surface area contributed by atoms with E-state index in [0.717, 1.165) is 21.3 Å². The lowest BCUT2D eigenvalue weighted by molar-refractivity contribution is 0.0985. The molecule has 0 atom stereocenters. The predicted octanol–water partition coefficient (Wildman–Crippen LogP) is 7.07. The lowest BCUT2D eigenvalue weighted by Crippen LogP contribution is -2.30. The number of aryl methyl sites for hydroxylation is 2. The molecule has 0 fully saturated rings. The van der Waals surface area contributed by atoms with Gasteiger partial charge in [-0.25, -0.2) is 4.98 Å². The third-order valence-corrected chi connectivity index (χ3v) is 6.50. The molecule has 0 aliphatic heterocycles. The van der Waals surface area contributed by atoms with Crippen LogP contribution in [-0.2, 0) is 6.54 Å². The van der Waals surface area contributed by atoms with Crippen LogP contribution in [0.4, 0.5) is 5.13 Å². The van der Waals surface area contributed by atoms with Gasteiger partial charge in [-0.1, -0.05) is 70.9 Å². The van der Waals surface area contributed by atoms with Gasteiger partial charge in [-0.2, -0.15) is 0 Å². The molecule has 29 heavy (non-hydrogen) atoms. The summed E-state index contributed by atoms with van der Waals surface area (Å²) in [4.78, 5) is 20.0. The third-order valence-electron chi connectivity index (χ3n) is 4.89. The molecule has 0 saturated heterocycles. The summed E-state index contributed by atoms with van der Waals surface area (Å²) in [5.41, 5.74) is 4.59. The van der Waals surface area contributed by atoms with Gasteiger partial charge in [0.05, 0.1) is 27.3 Å². The maximum absolute atomic E-state index is 13.5. The molecule has 0 saturated carbocycles. The second-order valence-electron chi connectivity index (χ2n) is 6.85. The standard InChI is InChI=1S/C23H18Cl2N2OS/c1-14-8-11-20-21(15(14)2)26-23(29-20)27(13-16-6-4-3-5-7-16)22(28)18-12-17(24)9-10-19(18)25/h3-12H,13H2,1-2H3. The number of hydrogen-bond donors (Lipinski definition) is 0. The lowest BCUT2D eigenvalue weighted by atomic mass is 10.1. The topological polar surface area (TPSA) is 33.2 Å². The van der Waals surface area contributed by atoms with Gasteiger partial charge in [0.1, 0.15) is 0 Å². The SMILES string of the molecule is Cc1ccc2sc(N(Cc3ccccc3)C(=O)c3cc(Cl)ccc3Cl)nc2c1C. The first-order valence-corrected chi connectivity index (χ1v) is 10.7. The van der Waals surface area contributed by atoms with Gasteiger partial charge in [-0.15, -0.1) is 0 Å². The Bertz CT molecular complexity index is 1200. The quantitative estimate of drug-likeness (QED) is 0.339. The van der Waals surface area contributed by atoms with Crippen LogP contribution in [0.25, 0.3) is 10.2 Å². The number of fused-ring (bicyclic) bond motifs is 1. The number of anilines is 1. The Balaban J connectivity index is 1.83. The number of hydrogen-bond acceptors (Lipinski definition) is 3. The highest BCUT2D eigenvalue weighted by Gasteiger charge is 2.24. The van der Waals surface area contributed by atoms with Crippen molar-refractivity contribution in [1.29, 1.82) is 0 Å². The number of carbonyl (C=O) groups is 1. The van der Waals surface area contributed by atoms with E-state index < -0.39 is 0 Å². The highest BCUT2D eigenvalue weighted by Crippen LogP contribution is 2.34. The van der Waals surface area contributed by atoms with Crippen molar-refractivity contribution in [2.24, 2.45) is 0 Å².